The normalized spacial score (nSPS) is 16.7. The molecule has 3 rings (SSSR count). The summed E-state index contributed by atoms with van der Waals surface area (Å²) in [5.41, 5.74) is 1.50. The van der Waals surface area contributed by atoms with E-state index in [0.717, 1.165) is 5.56 Å². The van der Waals surface area contributed by atoms with Crippen molar-refractivity contribution in [1.82, 2.24) is 0 Å². The van der Waals surface area contributed by atoms with Crippen LogP contribution in [0.15, 0.2) is 59.5 Å². The first-order valence-electron chi connectivity index (χ1n) is 7.86. The number of hydrogen-bond donors (Lipinski definition) is 0. The average Bonchev–Trinajstić information content (AvgIpc) is 2.95. The monoisotopic (exact) mass is 345 g/mol. The molecule has 1 aliphatic rings. The van der Waals surface area contributed by atoms with Gasteiger partial charge in [0.1, 0.15) is 0 Å². The average molecular weight is 345 g/mol. The summed E-state index contributed by atoms with van der Waals surface area (Å²) in [5.74, 6) is -0.505. The molecule has 6 heteroatoms. The van der Waals surface area contributed by atoms with Gasteiger partial charge in [-0.2, -0.15) is 0 Å². The maximum absolute atomic E-state index is 13.0. The molecule has 0 bridgehead atoms. The van der Waals surface area contributed by atoms with Gasteiger partial charge in [0.25, 0.3) is 10.0 Å². The van der Waals surface area contributed by atoms with Gasteiger partial charge in [-0.15, -0.1) is 0 Å². The number of rotatable bonds is 5. The van der Waals surface area contributed by atoms with Gasteiger partial charge in [-0.1, -0.05) is 36.4 Å². The second-order valence-electron chi connectivity index (χ2n) is 5.61. The molecule has 0 fully saturated rings. The van der Waals surface area contributed by atoms with Gasteiger partial charge in [0, 0.05) is 12.5 Å². The van der Waals surface area contributed by atoms with Crippen molar-refractivity contribution in [2.45, 2.75) is 24.2 Å². The number of fused-ring (bicyclic) bond motifs is 1. The molecular weight excluding hydrogens is 326 g/mol. The molecule has 0 amide bonds. The minimum atomic E-state index is -3.65. The zero-order valence-electron chi connectivity index (χ0n) is 13.4. The molecule has 1 aliphatic heterocycles. The molecule has 0 saturated carbocycles. The molecule has 1 atom stereocenters. The summed E-state index contributed by atoms with van der Waals surface area (Å²) in [6.45, 7) is 2.32. The van der Waals surface area contributed by atoms with Crippen LogP contribution in [0, 0.1) is 0 Å². The Morgan fingerprint density at radius 3 is 2.50 bits per heavy atom. The van der Waals surface area contributed by atoms with Gasteiger partial charge in [0.05, 0.1) is 23.6 Å². The Bertz CT molecular complexity index is 833. The van der Waals surface area contributed by atoms with Crippen LogP contribution in [0.1, 0.15) is 24.8 Å². The van der Waals surface area contributed by atoms with E-state index in [1.54, 1.807) is 49.4 Å². The predicted molar refractivity (Wildman–Crippen MR) is 91.4 cm³/mol. The molecular formula is C18H19NO4S. The molecule has 24 heavy (non-hydrogen) atoms. The SMILES string of the molecule is CCOC(=O)CC1CN(S(=O)(=O)c2ccccc2)c2ccccc21. The Labute approximate surface area is 141 Å². The summed E-state index contributed by atoms with van der Waals surface area (Å²) < 4.78 is 32.3. The number of carbonyl (C=O) groups is 1. The summed E-state index contributed by atoms with van der Waals surface area (Å²) in [6.07, 6.45) is 0.172. The van der Waals surface area contributed by atoms with E-state index < -0.39 is 10.0 Å². The van der Waals surface area contributed by atoms with Crippen molar-refractivity contribution in [2.24, 2.45) is 0 Å². The molecule has 126 valence electrons. The Morgan fingerprint density at radius 2 is 1.79 bits per heavy atom. The van der Waals surface area contributed by atoms with Gasteiger partial charge in [-0.05, 0) is 30.7 Å². The standard InChI is InChI=1S/C18H19NO4S/c1-2-23-18(20)12-14-13-19(17-11-7-6-10-16(14)17)24(21,22)15-8-4-3-5-9-15/h3-11,14H,2,12-13H2,1H3. The fourth-order valence-corrected chi connectivity index (χ4v) is 4.56. The van der Waals surface area contributed by atoms with E-state index in [0.29, 0.717) is 12.3 Å². The predicted octanol–water partition coefficient (Wildman–Crippen LogP) is 2.93. The lowest BCUT2D eigenvalue weighted by Gasteiger charge is -2.20. The Balaban J connectivity index is 1.95. The molecule has 0 N–H and O–H groups in total. The number of nitrogens with zero attached hydrogens (tertiary/aromatic N) is 1. The van der Waals surface area contributed by atoms with Crippen LogP contribution in [-0.4, -0.2) is 27.5 Å². The second-order valence-corrected chi connectivity index (χ2v) is 7.48. The van der Waals surface area contributed by atoms with E-state index in [1.807, 2.05) is 12.1 Å². The molecule has 0 saturated heterocycles. The number of benzene rings is 2. The van der Waals surface area contributed by atoms with Gasteiger partial charge < -0.3 is 4.74 Å². The molecule has 0 radical (unpaired) electrons. The topological polar surface area (TPSA) is 63.7 Å². The molecule has 2 aromatic carbocycles. The first-order valence-corrected chi connectivity index (χ1v) is 9.30. The highest BCUT2D eigenvalue weighted by Crippen LogP contribution is 2.41. The third-order valence-electron chi connectivity index (χ3n) is 4.08. The summed E-state index contributed by atoms with van der Waals surface area (Å²) in [6, 6.07) is 15.7. The number of esters is 1. The zero-order valence-corrected chi connectivity index (χ0v) is 14.2. The number of para-hydroxylation sites is 1. The molecule has 0 spiro atoms. The van der Waals surface area contributed by atoms with Crippen LogP contribution in [-0.2, 0) is 19.6 Å². The number of ether oxygens (including phenoxy) is 1. The third-order valence-corrected chi connectivity index (χ3v) is 5.88. The van der Waals surface area contributed by atoms with E-state index in [2.05, 4.69) is 0 Å². The fraction of sp³-hybridized carbons (Fsp3) is 0.278. The molecule has 0 aliphatic carbocycles. The molecule has 1 heterocycles. The number of anilines is 1. The van der Waals surface area contributed by atoms with Crippen LogP contribution in [0.3, 0.4) is 0 Å². The van der Waals surface area contributed by atoms with Crippen molar-refractivity contribution in [3.63, 3.8) is 0 Å². The van der Waals surface area contributed by atoms with Crippen molar-refractivity contribution >= 4 is 21.7 Å². The van der Waals surface area contributed by atoms with Crippen LogP contribution in [0.5, 0.6) is 0 Å². The van der Waals surface area contributed by atoms with Crippen LogP contribution in [0.2, 0.25) is 0 Å². The van der Waals surface area contributed by atoms with E-state index in [-0.39, 0.29) is 29.7 Å². The third kappa shape index (κ3) is 3.01. The van der Waals surface area contributed by atoms with Gasteiger partial charge in [0.15, 0.2) is 0 Å². The summed E-state index contributed by atoms with van der Waals surface area (Å²) in [5, 5.41) is 0. The Kier molecular flexibility index (Phi) is 4.57. The van der Waals surface area contributed by atoms with Crippen molar-refractivity contribution in [3.05, 3.63) is 60.2 Å². The number of carbonyl (C=O) groups excluding carboxylic acids is 1. The maximum atomic E-state index is 13.0. The highest BCUT2D eigenvalue weighted by Gasteiger charge is 2.37. The van der Waals surface area contributed by atoms with E-state index >= 15 is 0 Å². The largest absolute Gasteiger partial charge is 0.466 e. The van der Waals surface area contributed by atoms with Gasteiger partial charge >= 0.3 is 5.97 Å². The lowest BCUT2D eigenvalue weighted by atomic mass is 9.98. The van der Waals surface area contributed by atoms with Gasteiger partial charge in [0.2, 0.25) is 0 Å². The van der Waals surface area contributed by atoms with Crippen molar-refractivity contribution in [3.8, 4) is 0 Å². The van der Waals surface area contributed by atoms with Crippen molar-refractivity contribution in [2.75, 3.05) is 17.5 Å². The minimum absolute atomic E-state index is 0.172. The highest BCUT2D eigenvalue weighted by atomic mass is 32.2. The molecule has 2 aromatic rings. The molecule has 1 unspecified atom stereocenters. The Hall–Kier alpha value is -2.34. The van der Waals surface area contributed by atoms with Gasteiger partial charge in [-0.3, -0.25) is 9.10 Å². The maximum Gasteiger partial charge on any atom is 0.306 e. The van der Waals surface area contributed by atoms with Crippen LogP contribution >= 0.6 is 0 Å². The van der Waals surface area contributed by atoms with E-state index in [1.165, 1.54) is 4.31 Å². The number of hydrogen-bond acceptors (Lipinski definition) is 4. The second kappa shape index (κ2) is 6.65. The summed E-state index contributed by atoms with van der Waals surface area (Å²) in [7, 11) is -3.65. The molecule has 0 aromatic heterocycles. The van der Waals surface area contributed by atoms with Crippen molar-refractivity contribution in [1.29, 1.82) is 0 Å². The van der Waals surface area contributed by atoms with Crippen LogP contribution < -0.4 is 4.31 Å². The lowest BCUT2D eigenvalue weighted by Crippen LogP contribution is -2.30. The fourth-order valence-electron chi connectivity index (χ4n) is 3.00. The zero-order chi connectivity index (χ0) is 17.2. The van der Waals surface area contributed by atoms with Crippen molar-refractivity contribution < 1.29 is 17.9 Å². The van der Waals surface area contributed by atoms with Crippen LogP contribution in [0.4, 0.5) is 5.69 Å². The highest BCUT2D eigenvalue weighted by molar-refractivity contribution is 7.92. The van der Waals surface area contributed by atoms with E-state index in [4.69, 9.17) is 4.74 Å². The minimum Gasteiger partial charge on any atom is -0.466 e. The lowest BCUT2D eigenvalue weighted by molar-refractivity contribution is -0.143. The Morgan fingerprint density at radius 1 is 1.12 bits per heavy atom. The first-order chi connectivity index (χ1) is 11.5. The van der Waals surface area contributed by atoms with Crippen LogP contribution in [0.25, 0.3) is 0 Å². The quantitative estimate of drug-likeness (QED) is 0.782. The summed E-state index contributed by atoms with van der Waals surface area (Å²) >= 11 is 0. The molecule has 5 nitrogen and oxygen atoms in total. The van der Waals surface area contributed by atoms with Gasteiger partial charge in [-0.25, -0.2) is 8.42 Å². The first kappa shape index (κ1) is 16.5. The number of sulfonamides is 1. The smallest absolute Gasteiger partial charge is 0.306 e. The van der Waals surface area contributed by atoms with E-state index in [9.17, 15) is 13.2 Å². The summed E-state index contributed by atoms with van der Waals surface area (Å²) in [4.78, 5) is 12.1.